The van der Waals surface area contributed by atoms with Crippen molar-refractivity contribution in [2.75, 3.05) is 33.2 Å². The molecule has 1 aromatic carbocycles. The third-order valence-corrected chi connectivity index (χ3v) is 4.32. The van der Waals surface area contributed by atoms with Gasteiger partial charge >= 0.3 is 0 Å². The SMILES string of the molecule is CNC(=O)C1CNCCN1CC1Cc2ccccc21. The van der Waals surface area contributed by atoms with Crippen molar-refractivity contribution in [2.24, 2.45) is 0 Å². The molecule has 2 unspecified atom stereocenters. The van der Waals surface area contributed by atoms with E-state index in [1.165, 1.54) is 11.1 Å². The van der Waals surface area contributed by atoms with Gasteiger partial charge in [0.2, 0.25) is 5.91 Å². The third-order valence-electron chi connectivity index (χ3n) is 4.32. The predicted molar refractivity (Wildman–Crippen MR) is 75.2 cm³/mol. The first-order chi connectivity index (χ1) is 9.29. The maximum Gasteiger partial charge on any atom is 0.238 e. The zero-order valence-corrected chi connectivity index (χ0v) is 11.4. The van der Waals surface area contributed by atoms with Crippen LogP contribution in [0.3, 0.4) is 0 Å². The van der Waals surface area contributed by atoms with Crippen molar-refractivity contribution >= 4 is 5.91 Å². The Hall–Kier alpha value is -1.39. The van der Waals surface area contributed by atoms with Crippen LogP contribution in [0.5, 0.6) is 0 Å². The smallest absolute Gasteiger partial charge is 0.238 e. The fourth-order valence-electron chi connectivity index (χ4n) is 3.20. The standard InChI is InChI=1S/C15H21N3O/c1-16-15(19)14-9-17-6-7-18(14)10-12-8-11-4-2-3-5-13(11)12/h2-5,12,14,17H,6-10H2,1H3,(H,16,19). The molecule has 19 heavy (non-hydrogen) atoms. The van der Waals surface area contributed by atoms with Crippen LogP contribution < -0.4 is 10.6 Å². The van der Waals surface area contributed by atoms with Gasteiger partial charge in [-0.3, -0.25) is 9.69 Å². The van der Waals surface area contributed by atoms with Gasteiger partial charge in [-0.05, 0) is 17.5 Å². The van der Waals surface area contributed by atoms with Crippen molar-refractivity contribution in [3.8, 4) is 0 Å². The highest BCUT2D eigenvalue weighted by molar-refractivity contribution is 5.81. The lowest BCUT2D eigenvalue weighted by atomic mass is 9.77. The summed E-state index contributed by atoms with van der Waals surface area (Å²) in [6, 6.07) is 8.62. The molecule has 2 aliphatic rings. The zero-order valence-electron chi connectivity index (χ0n) is 11.4. The number of rotatable bonds is 3. The summed E-state index contributed by atoms with van der Waals surface area (Å²) in [6.07, 6.45) is 1.15. The quantitative estimate of drug-likeness (QED) is 0.823. The Morgan fingerprint density at radius 3 is 3.11 bits per heavy atom. The topological polar surface area (TPSA) is 44.4 Å². The highest BCUT2D eigenvalue weighted by Gasteiger charge is 2.33. The number of nitrogens with one attached hydrogen (secondary N) is 2. The molecule has 4 heteroatoms. The lowest BCUT2D eigenvalue weighted by molar-refractivity contribution is -0.126. The van der Waals surface area contributed by atoms with Crippen molar-refractivity contribution in [1.82, 2.24) is 15.5 Å². The number of hydrogen-bond donors (Lipinski definition) is 2. The number of likely N-dealkylation sites (N-methyl/N-ethyl adjacent to an activating group) is 1. The number of nitrogens with zero attached hydrogens (tertiary/aromatic N) is 1. The zero-order chi connectivity index (χ0) is 13.2. The molecule has 0 radical (unpaired) electrons. The summed E-state index contributed by atoms with van der Waals surface area (Å²) in [6.45, 7) is 3.68. The molecular weight excluding hydrogens is 238 g/mol. The number of piperazine rings is 1. The van der Waals surface area contributed by atoms with E-state index in [4.69, 9.17) is 0 Å². The molecule has 1 heterocycles. The predicted octanol–water partition coefficient (Wildman–Crippen LogP) is 0.346. The first-order valence-corrected chi connectivity index (χ1v) is 7.03. The summed E-state index contributed by atoms with van der Waals surface area (Å²) in [7, 11) is 1.72. The molecule has 1 amide bonds. The lowest BCUT2D eigenvalue weighted by Gasteiger charge is -2.40. The summed E-state index contributed by atoms with van der Waals surface area (Å²) in [5, 5.41) is 6.08. The second kappa shape index (κ2) is 5.31. The molecule has 1 aliphatic carbocycles. The lowest BCUT2D eigenvalue weighted by Crippen LogP contribution is -2.58. The number of fused-ring (bicyclic) bond motifs is 1. The maximum atomic E-state index is 11.9. The molecule has 2 atom stereocenters. The number of amides is 1. The fourth-order valence-corrected chi connectivity index (χ4v) is 3.20. The normalized spacial score (nSPS) is 26.4. The molecule has 1 aromatic rings. The Morgan fingerprint density at radius 1 is 1.47 bits per heavy atom. The van der Waals surface area contributed by atoms with Crippen LogP contribution in [0.15, 0.2) is 24.3 Å². The number of carbonyl (C=O) groups is 1. The summed E-state index contributed by atoms with van der Waals surface area (Å²) in [5.41, 5.74) is 2.94. The fraction of sp³-hybridized carbons (Fsp3) is 0.533. The minimum Gasteiger partial charge on any atom is -0.358 e. The number of benzene rings is 1. The van der Waals surface area contributed by atoms with Crippen LogP contribution in [0, 0.1) is 0 Å². The molecule has 0 saturated carbocycles. The van der Waals surface area contributed by atoms with Crippen molar-refractivity contribution < 1.29 is 4.79 Å². The van der Waals surface area contributed by atoms with Gasteiger partial charge in [-0.25, -0.2) is 0 Å². The summed E-state index contributed by atoms with van der Waals surface area (Å²) >= 11 is 0. The highest BCUT2D eigenvalue weighted by atomic mass is 16.2. The van der Waals surface area contributed by atoms with Gasteiger partial charge in [0.05, 0.1) is 0 Å². The van der Waals surface area contributed by atoms with Crippen molar-refractivity contribution in [3.05, 3.63) is 35.4 Å². The second-order valence-corrected chi connectivity index (χ2v) is 5.43. The Labute approximate surface area is 114 Å². The molecule has 1 fully saturated rings. The molecule has 0 spiro atoms. The van der Waals surface area contributed by atoms with Crippen LogP contribution in [0.2, 0.25) is 0 Å². The monoisotopic (exact) mass is 259 g/mol. The highest BCUT2D eigenvalue weighted by Crippen LogP contribution is 2.35. The molecule has 1 saturated heterocycles. The Kier molecular flexibility index (Phi) is 3.53. The van der Waals surface area contributed by atoms with Crippen LogP contribution in [0.1, 0.15) is 17.0 Å². The molecule has 3 rings (SSSR count). The third kappa shape index (κ3) is 2.38. The van der Waals surface area contributed by atoms with Gasteiger partial charge < -0.3 is 10.6 Å². The van der Waals surface area contributed by atoms with Crippen LogP contribution in [-0.2, 0) is 11.2 Å². The van der Waals surface area contributed by atoms with E-state index >= 15 is 0 Å². The van der Waals surface area contributed by atoms with Crippen LogP contribution in [-0.4, -0.2) is 50.1 Å². The van der Waals surface area contributed by atoms with Crippen LogP contribution in [0.4, 0.5) is 0 Å². The summed E-state index contributed by atoms with van der Waals surface area (Å²) in [4.78, 5) is 14.2. The van der Waals surface area contributed by atoms with Gasteiger partial charge in [0.25, 0.3) is 0 Å². The van der Waals surface area contributed by atoms with Gasteiger partial charge in [-0.2, -0.15) is 0 Å². The van der Waals surface area contributed by atoms with Gasteiger partial charge in [0, 0.05) is 39.1 Å². The minimum absolute atomic E-state index is 0.0217. The first-order valence-electron chi connectivity index (χ1n) is 7.03. The molecule has 2 N–H and O–H groups in total. The molecular formula is C15H21N3O. The van der Waals surface area contributed by atoms with Gasteiger partial charge in [0.15, 0.2) is 0 Å². The molecule has 102 valence electrons. The summed E-state index contributed by atoms with van der Waals surface area (Å²) < 4.78 is 0. The van der Waals surface area contributed by atoms with E-state index in [0.29, 0.717) is 5.92 Å². The molecule has 4 nitrogen and oxygen atoms in total. The number of carbonyl (C=O) groups excluding carboxylic acids is 1. The number of hydrogen-bond acceptors (Lipinski definition) is 3. The van der Waals surface area contributed by atoms with Crippen LogP contribution in [0.25, 0.3) is 0 Å². The van der Waals surface area contributed by atoms with Crippen molar-refractivity contribution in [1.29, 1.82) is 0 Å². The van der Waals surface area contributed by atoms with E-state index in [2.05, 4.69) is 39.8 Å². The maximum absolute atomic E-state index is 11.9. The molecule has 1 aliphatic heterocycles. The Morgan fingerprint density at radius 2 is 2.32 bits per heavy atom. The van der Waals surface area contributed by atoms with E-state index in [9.17, 15) is 4.79 Å². The van der Waals surface area contributed by atoms with Gasteiger partial charge in [-0.15, -0.1) is 0 Å². The van der Waals surface area contributed by atoms with Crippen LogP contribution >= 0.6 is 0 Å². The Balaban J connectivity index is 1.67. The van der Waals surface area contributed by atoms with E-state index in [1.54, 1.807) is 7.05 Å². The van der Waals surface area contributed by atoms with E-state index < -0.39 is 0 Å². The average molecular weight is 259 g/mol. The second-order valence-electron chi connectivity index (χ2n) is 5.43. The minimum atomic E-state index is -0.0217. The summed E-state index contributed by atoms with van der Waals surface area (Å²) in [5.74, 6) is 0.723. The molecule has 0 bridgehead atoms. The largest absolute Gasteiger partial charge is 0.358 e. The molecule has 0 aromatic heterocycles. The van der Waals surface area contributed by atoms with Crippen molar-refractivity contribution in [2.45, 2.75) is 18.4 Å². The average Bonchev–Trinajstić information content (AvgIpc) is 2.44. The van der Waals surface area contributed by atoms with Crippen molar-refractivity contribution in [3.63, 3.8) is 0 Å². The van der Waals surface area contributed by atoms with E-state index in [1.807, 2.05) is 0 Å². The Bertz CT molecular complexity index is 474. The van der Waals surface area contributed by atoms with E-state index in [0.717, 1.165) is 32.6 Å². The van der Waals surface area contributed by atoms with E-state index in [-0.39, 0.29) is 11.9 Å². The first kappa shape index (κ1) is 12.6. The van der Waals surface area contributed by atoms with Gasteiger partial charge in [0.1, 0.15) is 6.04 Å². The van der Waals surface area contributed by atoms with Gasteiger partial charge in [-0.1, -0.05) is 24.3 Å².